The molecule has 0 amide bonds. The van der Waals surface area contributed by atoms with Crippen LogP contribution < -0.4 is 4.74 Å². The number of hydrogen-bond donors (Lipinski definition) is 0. The summed E-state index contributed by atoms with van der Waals surface area (Å²) in [7, 11) is -5.47. The highest BCUT2D eigenvalue weighted by atomic mass is 32.2. The molecule has 1 aromatic carbocycles. The standard InChI is InChI=1S/C16H13F3N2O3S/c1-15(2)9-12(14-20-6-3-7-21-14)11-8-10(4-5-13(11)24-15)25(22,23)16(17,18)19/h3-9H,1-2H3. The topological polar surface area (TPSA) is 69.2 Å². The van der Waals surface area contributed by atoms with Crippen LogP contribution in [0.2, 0.25) is 0 Å². The van der Waals surface area contributed by atoms with E-state index in [2.05, 4.69) is 9.97 Å². The van der Waals surface area contributed by atoms with Gasteiger partial charge in [-0.25, -0.2) is 18.4 Å². The fraction of sp³-hybridized carbons (Fsp3) is 0.250. The number of sulfone groups is 1. The molecule has 0 radical (unpaired) electrons. The Morgan fingerprint density at radius 1 is 1.12 bits per heavy atom. The predicted molar refractivity (Wildman–Crippen MR) is 83.5 cm³/mol. The largest absolute Gasteiger partial charge is 0.501 e. The minimum Gasteiger partial charge on any atom is -0.483 e. The van der Waals surface area contributed by atoms with Crippen molar-refractivity contribution in [2.75, 3.05) is 0 Å². The van der Waals surface area contributed by atoms with E-state index in [1.54, 1.807) is 26.0 Å². The number of fused-ring (bicyclic) bond motifs is 1. The number of alkyl halides is 3. The number of aromatic nitrogens is 2. The van der Waals surface area contributed by atoms with Crippen LogP contribution in [0.3, 0.4) is 0 Å². The van der Waals surface area contributed by atoms with E-state index in [-0.39, 0.29) is 17.1 Å². The van der Waals surface area contributed by atoms with Crippen molar-refractivity contribution in [3.8, 4) is 5.75 Å². The van der Waals surface area contributed by atoms with Crippen LogP contribution in [0.15, 0.2) is 47.6 Å². The van der Waals surface area contributed by atoms with Crippen molar-refractivity contribution < 1.29 is 26.3 Å². The average Bonchev–Trinajstić information content (AvgIpc) is 2.52. The van der Waals surface area contributed by atoms with Crippen LogP contribution in [0, 0.1) is 0 Å². The highest BCUT2D eigenvalue weighted by molar-refractivity contribution is 7.92. The quantitative estimate of drug-likeness (QED) is 0.811. The first kappa shape index (κ1) is 17.4. The first-order valence-electron chi connectivity index (χ1n) is 7.16. The molecular formula is C16H13F3N2O3S. The van der Waals surface area contributed by atoms with Gasteiger partial charge in [-0.15, -0.1) is 0 Å². The number of nitrogens with zero attached hydrogens (tertiary/aromatic N) is 2. The normalized spacial score (nSPS) is 16.6. The van der Waals surface area contributed by atoms with Gasteiger partial charge in [-0.05, 0) is 44.2 Å². The van der Waals surface area contributed by atoms with E-state index in [0.29, 0.717) is 5.57 Å². The Balaban J connectivity index is 2.22. The van der Waals surface area contributed by atoms with E-state index in [4.69, 9.17) is 4.74 Å². The molecule has 5 nitrogen and oxygen atoms in total. The van der Waals surface area contributed by atoms with Crippen molar-refractivity contribution in [1.82, 2.24) is 9.97 Å². The van der Waals surface area contributed by atoms with Gasteiger partial charge in [-0.2, -0.15) is 13.2 Å². The van der Waals surface area contributed by atoms with Gasteiger partial charge in [0.25, 0.3) is 9.84 Å². The summed E-state index contributed by atoms with van der Waals surface area (Å²) in [6, 6.07) is 4.63. The van der Waals surface area contributed by atoms with Crippen molar-refractivity contribution in [2.24, 2.45) is 0 Å². The summed E-state index contributed by atoms with van der Waals surface area (Å²) >= 11 is 0. The monoisotopic (exact) mass is 370 g/mol. The lowest BCUT2D eigenvalue weighted by molar-refractivity contribution is -0.0436. The molecule has 0 saturated carbocycles. The lowest BCUT2D eigenvalue weighted by atomic mass is 9.94. The van der Waals surface area contributed by atoms with Gasteiger partial charge in [0.05, 0.1) is 4.90 Å². The van der Waals surface area contributed by atoms with Gasteiger partial charge in [0.15, 0.2) is 5.82 Å². The first-order chi connectivity index (χ1) is 11.5. The van der Waals surface area contributed by atoms with Crippen molar-refractivity contribution in [2.45, 2.75) is 29.9 Å². The van der Waals surface area contributed by atoms with Crippen LogP contribution in [0.4, 0.5) is 13.2 Å². The zero-order valence-corrected chi connectivity index (χ0v) is 14.0. The van der Waals surface area contributed by atoms with E-state index >= 15 is 0 Å². The van der Waals surface area contributed by atoms with Crippen molar-refractivity contribution >= 4 is 15.4 Å². The lowest BCUT2D eigenvalue weighted by Crippen LogP contribution is -2.30. The smallest absolute Gasteiger partial charge is 0.483 e. The molecule has 0 bridgehead atoms. The predicted octanol–water partition coefficient (Wildman–Crippen LogP) is 3.37. The molecule has 3 rings (SSSR count). The maximum Gasteiger partial charge on any atom is 0.501 e. The molecule has 25 heavy (non-hydrogen) atoms. The van der Waals surface area contributed by atoms with Crippen LogP contribution >= 0.6 is 0 Å². The zero-order chi connectivity index (χ0) is 18.5. The van der Waals surface area contributed by atoms with Gasteiger partial charge in [0.1, 0.15) is 11.4 Å². The maximum atomic E-state index is 12.8. The van der Waals surface area contributed by atoms with Gasteiger partial charge in [0, 0.05) is 23.5 Å². The Kier molecular flexibility index (Phi) is 3.86. The Hall–Kier alpha value is -2.42. The lowest BCUT2D eigenvalue weighted by Gasteiger charge is -2.31. The van der Waals surface area contributed by atoms with E-state index < -0.39 is 25.8 Å². The van der Waals surface area contributed by atoms with Gasteiger partial charge in [-0.1, -0.05) is 0 Å². The minimum absolute atomic E-state index is 0.191. The molecule has 2 heterocycles. The molecule has 0 unspecified atom stereocenters. The molecule has 0 atom stereocenters. The molecular weight excluding hydrogens is 357 g/mol. The molecule has 1 aromatic heterocycles. The second-order valence-corrected chi connectivity index (χ2v) is 7.88. The summed E-state index contributed by atoms with van der Waals surface area (Å²) in [6.45, 7) is 3.53. The molecule has 1 aliphatic rings. The Morgan fingerprint density at radius 3 is 2.36 bits per heavy atom. The third-order valence-electron chi connectivity index (χ3n) is 3.53. The number of rotatable bonds is 2. The van der Waals surface area contributed by atoms with Crippen molar-refractivity contribution in [3.05, 3.63) is 54.1 Å². The van der Waals surface area contributed by atoms with Gasteiger partial charge in [-0.3, -0.25) is 0 Å². The summed E-state index contributed by atoms with van der Waals surface area (Å²) in [5, 5.41) is 0. The van der Waals surface area contributed by atoms with E-state index in [1.807, 2.05) is 0 Å². The van der Waals surface area contributed by atoms with Crippen molar-refractivity contribution in [1.29, 1.82) is 0 Å². The fourth-order valence-corrected chi connectivity index (χ4v) is 3.26. The minimum atomic E-state index is -5.47. The average molecular weight is 370 g/mol. The molecule has 0 N–H and O–H groups in total. The molecule has 0 spiro atoms. The fourth-order valence-electron chi connectivity index (χ4n) is 2.47. The molecule has 0 aliphatic carbocycles. The first-order valence-corrected chi connectivity index (χ1v) is 8.65. The highest BCUT2D eigenvalue weighted by Crippen LogP contribution is 2.41. The third kappa shape index (κ3) is 3.11. The van der Waals surface area contributed by atoms with Crippen LogP contribution in [0.5, 0.6) is 5.75 Å². The molecule has 2 aromatic rings. The third-order valence-corrected chi connectivity index (χ3v) is 5.01. The summed E-state index contributed by atoms with van der Waals surface area (Å²) in [5.74, 6) is 0.526. The van der Waals surface area contributed by atoms with E-state index in [9.17, 15) is 21.6 Å². The van der Waals surface area contributed by atoms with Gasteiger partial charge >= 0.3 is 5.51 Å². The number of benzene rings is 1. The highest BCUT2D eigenvalue weighted by Gasteiger charge is 2.47. The summed E-state index contributed by atoms with van der Waals surface area (Å²) in [4.78, 5) is 7.34. The Bertz CT molecular complexity index is 952. The summed E-state index contributed by atoms with van der Waals surface area (Å²) in [6.07, 6.45) is 4.62. The molecule has 9 heteroatoms. The molecule has 0 saturated heterocycles. The summed E-state index contributed by atoms with van der Waals surface area (Å²) in [5.41, 5.74) is -5.54. The van der Waals surface area contributed by atoms with Crippen LogP contribution in [0.25, 0.3) is 5.57 Å². The second kappa shape index (κ2) is 5.55. The number of ether oxygens (including phenoxy) is 1. The maximum absolute atomic E-state index is 12.8. The molecule has 0 fully saturated rings. The zero-order valence-electron chi connectivity index (χ0n) is 13.2. The van der Waals surface area contributed by atoms with Gasteiger partial charge in [0.2, 0.25) is 0 Å². The molecule has 132 valence electrons. The summed E-state index contributed by atoms with van der Waals surface area (Å²) < 4.78 is 67.6. The van der Waals surface area contributed by atoms with Crippen molar-refractivity contribution in [3.63, 3.8) is 0 Å². The Morgan fingerprint density at radius 2 is 1.76 bits per heavy atom. The SMILES string of the molecule is CC1(C)C=C(c2ncccn2)c2cc(S(=O)(=O)C(F)(F)F)ccc2O1. The number of halogens is 3. The Labute approximate surface area is 142 Å². The van der Waals surface area contributed by atoms with E-state index in [1.165, 1.54) is 18.5 Å². The van der Waals surface area contributed by atoms with E-state index in [0.717, 1.165) is 12.1 Å². The van der Waals surface area contributed by atoms with Crippen LogP contribution in [0.1, 0.15) is 25.2 Å². The van der Waals surface area contributed by atoms with Gasteiger partial charge < -0.3 is 4.74 Å². The molecule has 1 aliphatic heterocycles. The van der Waals surface area contributed by atoms with Crippen LogP contribution in [-0.4, -0.2) is 29.5 Å². The van der Waals surface area contributed by atoms with Crippen LogP contribution in [-0.2, 0) is 9.84 Å². The number of hydrogen-bond acceptors (Lipinski definition) is 5. The second-order valence-electron chi connectivity index (χ2n) is 5.94.